The fraction of sp³-hybridized carbons (Fsp3) is 0.444. The van der Waals surface area contributed by atoms with Gasteiger partial charge in [-0.15, -0.1) is 35.3 Å². The summed E-state index contributed by atoms with van der Waals surface area (Å²) >= 11 is 1.68. The van der Waals surface area contributed by atoms with Gasteiger partial charge in [0.05, 0.1) is 23.9 Å². The normalized spacial score (nSPS) is 13.5. The van der Waals surface area contributed by atoms with Gasteiger partial charge < -0.3 is 20.1 Å². The van der Waals surface area contributed by atoms with E-state index in [1.165, 1.54) is 0 Å². The summed E-state index contributed by atoms with van der Waals surface area (Å²) in [5.74, 6) is 2.42. The molecule has 8 heteroatoms. The largest absolute Gasteiger partial charge is 0.490 e. The van der Waals surface area contributed by atoms with Gasteiger partial charge in [-0.25, -0.2) is 4.98 Å². The van der Waals surface area contributed by atoms with Gasteiger partial charge in [0.1, 0.15) is 0 Å². The molecule has 2 heterocycles. The van der Waals surface area contributed by atoms with Crippen LogP contribution in [0.4, 0.5) is 0 Å². The van der Waals surface area contributed by atoms with Gasteiger partial charge in [-0.1, -0.05) is 6.07 Å². The molecular formula is C18H25IN4O2S. The van der Waals surface area contributed by atoms with E-state index >= 15 is 0 Å². The van der Waals surface area contributed by atoms with Crippen LogP contribution in [0.1, 0.15) is 22.7 Å². The minimum absolute atomic E-state index is 0. The number of aryl methyl sites for hydroxylation is 1. The van der Waals surface area contributed by atoms with Crippen LogP contribution in [0.15, 0.2) is 28.6 Å². The van der Waals surface area contributed by atoms with Crippen LogP contribution in [0, 0.1) is 6.92 Å². The van der Waals surface area contributed by atoms with Crippen molar-refractivity contribution in [1.82, 2.24) is 15.6 Å². The van der Waals surface area contributed by atoms with E-state index in [4.69, 9.17) is 9.47 Å². The van der Waals surface area contributed by atoms with Crippen LogP contribution in [-0.2, 0) is 13.0 Å². The first-order chi connectivity index (χ1) is 12.2. The van der Waals surface area contributed by atoms with Crippen molar-refractivity contribution in [2.45, 2.75) is 26.3 Å². The molecule has 0 amide bonds. The average molecular weight is 488 g/mol. The summed E-state index contributed by atoms with van der Waals surface area (Å²) in [6.45, 7) is 4.90. The maximum Gasteiger partial charge on any atom is 0.191 e. The number of nitrogens with zero attached hydrogens (tertiary/aromatic N) is 2. The molecule has 6 nitrogen and oxygen atoms in total. The van der Waals surface area contributed by atoms with Crippen LogP contribution in [0.2, 0.25) is 0 Å². The van der Waals surface area contributed by atoms with E-state index < -0.39 is 0 Å². The molecule has 1 aromatic carbocycles. The van der Waals surface area contributed by atoms with E-state index in [1.807, 2.05) is 25.1 Å². The maximum atomic E-state index is 5.73. The summed E-state index contributed by atoms with van der Waals surface area (Å²) in [6, 6.07) is 6.04. The van der Waals surface area contributed by atoms with Gasteiger partial charge in [0.2, 0.25) is 0 Å². The second-order valence-corrected chi connectivity index (χ2v) is 6.85. The highest BCUT2D eigenvalue weighted by molar-refractivity contribution is 14.0. The van der Waals surface area contributed by atoms with Crippen molar-refractivity contribution < 1.29 is 9.47 Å². The minimum atomic E-state index is 0. The molecule has 1 aliphatic rings. The Morgan fingerprint density at radius 1 is 1.23 bits per heavy atom. The average Bonchev–Trinajstić information content (AvgIpc) is 2.90. The Balaban J connectivity index is 0.00000243. The number of halogens is 1. The zero-order valence-electron chi connectivity index (χ0n) is 15.1. The molecule has 3 rings (SSSR count). The molecule has 2 aromatic rings. The standard InChI is InChI=1S/C18H24N4O2S.HI/c1-13-22-15(12-25-13)6-7-20-18(19-2)21-11-14-4-5-16-17(10-14)24-9-3-8-23-16;/h4-5,10,12H,3,6-9,11H2,1-2H3,(H2,19,20,21);1H. The highest BCUT2D eigenvalue weighted by Gasteiger charge is 2.10. The lowest BCUT2D eigenvalue weighted by molar-refractivity contribution is 0.297. The zero-order chi connectivity index (χ0) is 17.5. The van der Waals surface area contributed by atoms with Crippen molar-refractivity contribution in [3.63, 3.8) is 0 Å². The van der Waals surface area contributed by atoms with Crippen LogP contribution >= 0.6 is 35.3 Å². The quantitative estimate of drug-likeness (QED) is 0.385. The first-order valence-electron chi connectivity index (χ1n) is 8.48. The zero-order valence-corrected chi connectivity index (χ0v) is 18.2. The molecule has 1 aromatic heterocycles. The number of nitrogens with one attached hydrogen (secondary N) is 2. The van der Waals surface area contributed by atoms with Crippen LogP contribution < -0.4 is 20.1 Å². The van der Waals surface area contributed by atoms with Gasteiger partial charge in [0, 0.05) is 38.4 Å². The molecule has 0 saturated heterocycles. The first kappa shape index (κ1) is 20.8. The lowest BCUT2D eigenvalue weighted by atomic mass is 10.2. The predicted molar refractivity (Wildman–Crippen MR) is 116 cm³/mol. The number of guanidine groups is 1. The first-order valence-corrected chi connectivity index (χ1v) is 9.36. The van der Waals surface area contributed by atoms with Crippen LogP contribution in [-0.4, -0.2) is 37.7 Å². The Morgan fingerprint density at radius 2 is 2.04 bits per heavy atom. The van der Waals surface area contributed by atoms with E-state index in [9.17, 15) is 0 Å². The smallest absolute Gasteiger partial charge is 0.191 e. The Hall–Kier alpha value is -1.55. The van der Waals surface area contributed by atoms with Crippen molar-refractivity contribution in [2.24, 2.45) is 4.99 Å². The van der Waals surface area contributed by atoms with Crippen LogP contribution in [0.25, 0.3) is 0 Å². The van der Waals surface area contributed by atoms with Gasteiger partial charge in [-0.05, 0) is 24.6 Å². The monoisotopic (exact) mass is 488 g/mol. The van der Waals surface area contributed by atoms with Gasteiger partial charge in [0.15, 0.2) is 17.5 Å². The van der Waals surface area contributed by atoms with E-state index in [1.54, 1.807) is 18.4 Å². The fourth-order valence-corrected chi connectivity index (χ4v) is 3.20. The van der Waals surface area contributed by atoms with Crippen molar-refractivity contribution in [3.8, 4) is 11.5 Å². The van der Waals surface area contributed by atoms with Gasteiger partial charge in [-0.2, -0.15) is 0 Å². The van der Waals surface area contributed by atoms with E-state index in [0.29, 0.717) is 19.8 Å². The highest BCUT2D eigenvalue weighted by atomic mass is 127. The third-order valence-electron chi connectivity index (χ3n) is 3.84. The molecule has 0 unspecified atom stereocenters. The number of benzene rings is 1. The molecule has 0 spiro atoms. The van der Waals surface area contributed by atoms with Crippen LogP contribution in [0.5, 0.6) is 11.5 Å². The molecule has 0 saturated carbocycles. The summed E-state index contributed by atoms with van der Waals surface area (Å²) in [7, 11) is 1.77. The van der Waals surface area contributed by atoms with Gasteiger partial charge in [-0.3, -0.25) is 4.99 Å². The number of hydrogen-bond donors (Lipinski definition) is 2. The van der Waals surface area contributed by atoms with Crippen LogP contribution in [0.3, 0.4) is 0 Å². The van der Waals surface area contributed by atoms with E-state index in [2.05, 4.69) is 26.0 Å². The predicted octanol–water partition coefficient (Wildman–Crippen LogP) is 3.14. The second kappa shape index (κ2) is 10.6. The molecule has 26 heavy (non-hydrogen) atoms. The molecule has 0 atom stereocenters. The topological polar surface area (TPSA) is 67.8 Å². The molecule has 0 radical (unpaired) electrons. The third kappa shape index (κ3) is 6.01. The molecule has 2 N–H and O–H groups in total. The minimum Gasteiger partial charge on any atom is -0.490 e. The van der Waals surface area contributed by atoms with Crippen molar-refractivity contribution in [1.29, 1.82) is 0 Å². The van der Waals surface area contributed by atoms with E-state index in [-0.39, 0.29) is 24.0 Å². The van der Waals surface area contributed by atoms with Gasteiger partial charge in [0.25, 0.3) is 0 Å². The Kier molecular flexibility index (Phi) is 8.43. The SMILES string of the molecule is CN=C(NCCc1csc(C)n1)NCc1ccc2c(c1)OCCCO2.I. The lowest BCUT2D eigenvalue weighted by Crippen LogP contribution is -2.37. The van der Waals surface area contributed by atoms with Crippen molar-refractivity contribution in [3.05, 3.63) is 39.8 Å². The molecule has 0 aliphatic carbocycles. The van der Waals surface area contributed by atoms with Crippen molar-refractivity contribution >= 4 is 41.3 Å². The molecule has 0 fully saturated rings. The summed E-state index contributed by atoms with van der Waals surface area (Å²) < 4.78 is 11.4. The molecule has 142 valence electrons. The number of ether oxygens (including phenoxy) is 2. The second-order valence-electron chi connectivity index (χ2n) is 5.79. The number of aliphatic imine (C=N–C) groups is 1. The van der Waals surface area contributed by atoms with Gasteiger partial charge >= 0.3 is 0 Å². The summed E-state index contributed by atoms with van der Waals surface area (Å²) in [6.07, 6.45) is 1.80. The fourth-order valence-electron chi connectivity index (χ4n) is 2.56. The van der Waals surface area contributed by atoms with Crippen molar-refractivity contribution in [2.75, 3.05) is 26.8 Å². The Labute approximate surface area is 175 Å². The maximum absolute atomic E-state index is 5.73. The summed E-state index contributed by atoms with van der Waals surface area (Å²) in [4.78, 5) is 8.73. The molecular weight excluding hydrogens is 463 g/mol. The van der Waals surface area contributed by atoms with E-state index in [0.717, 1.165) is 53.1 Å². The molecule has 1 aliphatic heterocycles. The number of fused-ring (bicyclic) bond motifs is 1. The third-order valence-corrected chi connectivity index (χ3v) is 4.66. The summed E-state index contributed by atoms with van der Waals surface area (Å²) in [5, 5.41) is 9.85. The number of thiazole rings is 1. The molecule has 0 bridgehead atoms. The number of aromatic nitrogens is 1. The summed E-state index contributed by atoms with van der Waals surface area (Å²) in [5.41, 5.74) is 2.25. The highest BCUT2D eigenvalue weighted by Crippen LogP contribution is 2.30. The number of rotatable bonds is 5. The number of hydrogen-bond acceptors (Lipinski definition) is 5. The lowest BCUT2D eigenvalue weighted by Gasteiger charge is -2.13. The Morgan fingerprint density at radius 3 is 2.77 bits per heavy atom. The Bertz CT molecular complexity index is 736.